The van der Waals surface area contributed by atoms with E-state index < -0.39 is 0 Å². The lowest BCUT2D eigenvalue weighted by atomic mass is 10.1. The van der Waals surface area contributed by atoms with Gasteiger partial charge in [-0.05, 0) is 20.3 Å². The first-order valence-electron chi connectivity index (χ1n) is 7.18. The molecule has 0 spiro atoms. The molecule has 0 bridgehead atoms. The van der Waals surface area contributed by atoms with E-state index in [9.17, 15) is 0 Å². The summed E-state index contributed by atoms with van der Waals surface area (Å²) in [4.78, 5) is 17.8. The maximum Gasteiger partial charge on any atom is 0.241 e. The molecule has 0 saturated heterocycles. The number of hydrogen-bond acceptors (Lipinski definition) is 6. The number of nitrogens with one attached hydrogen (secondary N) is 1. The van der Waals surface area contributed by atoms with E-state index >= 15 is 0 Å². The first-order valence-corrected chi connectivity index (χ1v) is 7.18. The van der Waals surface area contributed by atoms with Gasteiger partial charge in [0.05, 0.1) is 7.11 Å². The van der Waals surface area contributed by atoms with Gasteiger partial charge in [-0.1, -0.05) is 6.92 Å². The molecule has 0 unspecified atom stereocenters. The van der Waals surface area contributed by atoms with E-state index in [4.69, 9.17) is 4.74 Å². The molecule has 0 atom stereocenters. The number of anilines is 1. The molecule has 0 aliphatic carbocycles. The highest BCUT2D eigenvalue weighted by Crippen LogP contribution is 2.29. The number of hydrogen-bond donors (Lipinski definition) is 1. The standard InChI is InChI=1S/C15H21N5O/c1-5-7-11-19-12(10(3)14(20-11)16-6-2)13-15(21-4)18-9-8-17-13/h8-9H,5-7H2,1-4H3,(H,16,19,20). The third-order valence-corrected chi connectivity index (χ3v) is 3.09. The van der Waals surface area contributed by atoms with Crippen LogP contribution in [-0.4, -0.2) is 33.6 Å². The third kappa shape index (κ3) is 3.26. The fraction of sp³-hybridized carbons (Fsp3) is 0.467. The molecule has 0 amide bonds. The van der Waals surface area contributed by atoms with Crippen molar-refractivity contribution < 1.29 is 4.74 Å². The Labute approximate surface area is 125 Å². The van der Waals surface area contributed by atoms with Crippen LogP contribution in [0.4, 0.5) is 5.82 Å². The maximum atomic E-state index is 5.30. The van der Waals surface area contributed by atoms with Crippen LogP contribution < -0.4 is 10.1 Å². The molecule has 0 radical (unpaired) electrons. The van der Waals surface area contributed by atoms with Crippen molar-refractivity contribution in [2.45, 2.75) is 33.6 Å². The Morgan fingerprint density at radius 1 is 1.10 bits per heavy atom. The molecule has 1 N–H and O–H groups in total. The molecule has 6 nitrogen and oxygen atoms in total. The van der Waals surface area contributed by atoms with E-state index in [0.717, 1.165) is 42.3 Å². The average molecular weight is 287 g/mol. The Morgan fingerprint density at radius 3 is 2.52 bits per heavy atom. The molecule has 2 aromatic rings. The summed E-state index contributed by atoms with van der Waals surface area (Å²) in [7, 11) is 1.59. The molecule has 0 saturated carbocycles. The van der Waals surface area contributed by atoms with Crippen LogP contribution in [0, 0.1) is 6.92 Å². The number of ether oxygens (including phenoxy) is 1. The summed E-state index contributed by atoms with van der Waals surface area (Å²) in [6.45, 7) is 6.94. The largest absolute Gasteiger partial charge is 0.479 e. The quantitative estimate of drug-likeness (QED) is 0.880. The minimum absolute atomic E-state index is 0.476. The van der Waals surface area contributed by atoms with Crippen molar-refractivity contribution >= 4 is 5.82 Å². The summed E-state index contributed by atoms with van der Waals surface area (Å²) in [6, 6.07) is 0. The highest BCUT2D eigenvalue weighted by atomic mass is 16.5. The molecule has 0 fully saturated rings. The van der Waals surface area contributed by atoms with Crippen LogP contribution in [-0.2, 0) is 6.42 Å². The Balaban J connectivity index is 2.60. The van der Waals surface area contributed by atoms with E-state index in [1.807, 2.05) is 13.8 Å². The fourth-order valence-corrected chi connectivity index (χ4v) is 2.11. The van der Waals surface area contributed by atoms with Crippen molar-refractivity contribution in [3.05, 3.63) is 23.8 Å². The number of aromatic nitrogens is 4. The molecule has 21 heavy (non-hydrogen) atoms. The van der Waals surface area contributed by atoms with Crippen molar-refractivity contribution in [2.24, 2.45) is 0 Å². The van der Waals surface area contributed by atoms with Gasteiger partial charge < -0.3 is 10.1 Å². The fourth-order valence-electron chi connectivity index (χ4n) is 2.11. The minimum Gasteiger partial charge on any atom is -0.479 e. The topological polar surface area (TPSA) is 72.8 Å². The zero-order chi connectivity index (χ0) is 15.2. The van der Waals surface area contributed by atoms with E-state index in [0.29, 0.717) is 11.6 Å². The van der Waals surface area contributed by atoms with Gasteiger partial charge >= 0.3 is 0 Å². The number of aryl methyl sites for hydroxylation is 1. The van der Waals surface area contributed by atoms with E-state index in [1.165, 1.54) is 0 Å². The average Bonchev–Trinajstić information content (AvgIpc) is 2.51. The van der Waals surface area contributed by atoms with Gasteiger partial charge in [0.15, 0.2) is 5.69 Å². The molecule has 2 aromatic heterocycles. The van der Waals surface area contributed by atoms with Crippen molar-refractivity contribution in [3.63, 3.8) is 0 Å². The highest BCUT2D eigenvalue weighted by molar-refractivity contribution is 5.68. The zero-order valence-electron chi connectivity index (χ0n) is 13.0. The SMILES string of the molecule is CCCc1nc(NCC)c(C)c(-c2nccnc2OC)n1. The summed E-state index contributed by atoms with van der Waals surface area (Å²) < 4.78 is 5.30. The van der Waals surface area contributed by atoms with Gasteiger partial charge in [-0.15, -0.1) is 0 Å². The molecule has 2 rings (SSSR count). The molecule has 0 aromatic carbocycles. The summed E-state index contributed by atoms with van der Waals surface area (Å²) in [5.74, 6) is 2.13. The van der Waals surface area contributed by atoms with E-state index in [2.05, 4.69) is 32.2 Å². The van der Waals surface area contributed by atoms with Crippen LogP contribution in [0.5, 0.6) is 5.88 Å². The second-order valence-corrected chi connectivity index (χ2v) is 4.66. The first kappa shape index (κ1) is 15.2. The van der Waals surface area contributed by atoms with Gasteiger partial charge in [0, 0.05) is 30.9 Å². The summed E-state index contributed by atoms with van der Waals surface area (Å²) >= 11 is 0. The van der Waals surface area contributed by atoms with Gasteiger partial charge in [-0.2, -0.15) is 0 Å². The van der Waals surface area contributed by atoms with Crippen molar-refractivity contribution in [3.8, 4) is 17.3 Å². The lowest BCUT2D eigenvalue weighted by Crippen LogP contribution is -2.09. The molecule has 112 valence electrons. The van der Waals surface area contributed by atoms with Crippen LogP contribution >= 0.6 is 0 Å². The molecular formula is C15H21N5O. The normalized spacial score (nSPS) is 10.5. The lowest BCUT2D eigenvalue weighted by molar-refractivity contribution is 0.397. The van der Waals surface area contributed by atoms with E-state index in [-0.39, 0.29) is 0 Å². The van der Waals surface area contributed by atoms with Gasteiger partial charge in [-0.25, -0.2) is 19.9 Å². The monoisotopic (exact) mass is 287 g/mol. The number of nitrogens with zero attached hydrogens (tertiary/aromatic N) is 4. The van der Waals surface area contributed by atoms with E-state index in [1.54, 1.807) is 19.5 Å². The number of methoxy groups -OCH3 is 1. The molecule has 2 heterocycles. The Morgan fingerprint density at radius 2 is 1.86 bits per heavy atom. The van der Waals surface area contributed by atoms with Gasteiger partial charge in [0.2, 0.25) is 5.88 Å². The molecule has 0 aliphatic rings. The van der Waals surface area contributed by atoms with Crippen molar-refractivity contribution in [1.29, 1.82) is 0 Å². The van der Waals surface area contributed by atoms with Gasteiger partial charge in [-0.3, -0.25) is 0 Å². The predicted octanol–water partition coefficient (Wildman–Crippen LogP) is 2.63. The second kappa shape index (κ2) is 6.97. The Hall–Kier alpha value is -2.24. The van der Waals surface area contributed by atoms with Crippen LogP contribution in [0.3, 0.4) is 0 Å². The summed E-state index contributed by atoms with van der Waals surface area (Å²) in [5.41, 5.74) is 2.38. The van der Waals surface area contributed by atoms with Gasteiger partial charge in [0.25, 0.3) is 0 Å². The minimum atomic E-state index is 0.476. The first-order chi connectivity index (χ1) is 10.2. The Bertz CT molecular complexity index is 615. The summed E-state index contributed by atoms with van der Waals surface area (Å²) in [5, 5.41) is 3.28. The second-order valence-electron chi connectivity index (χ2n) is 4.66. The van der Waals surface area contributed by atoms with Crippen LogP contribution in [0.2, 0.25) is 0 Å². The third-order valence-electron chi connectivity index (χ3n) is 3.09. The highest BCUT2D eigenvalue weighted by Gasteiger charge is 2.17. The Kier molecular flexibility index (Phi) is 5.03. The van der Waals surface area contributed by atoms with Crippen molar-refractivity contribution in [1.82, 2.24) is 19.9 Å². The maximum absolute atomic E-state index is 5.30. The zero-order valence-corrected chi connectivity index (χ0v) is 13.0. The van der Waals surface area contributed by atoms with Gasteiger partial charge in [0.1, 0.15) is 17.3 Å². The van der Waals surface area contributed by atoms with Crippen molar-refractivity contribution in [2.75, 3.05) is 19.0 Å². The molecule has 0 aliphatic heterocycles. The molecule has 6 heteroatoms. The predicted molar refractivity (Wildman–Crippen MR) is 82.5 cm³/mol. The van der Waals surface area contributed by atoms with Crippen LogP contribution in [0.1, 0.15) is 31.7 Å². The number of rotatable bonds is 6. The van der Waals surface area contributed by atoms with Crippen LogP contribution in [0.25, 0.3) is 11.4 Å². The lowest BCUT2D eigenvalue weighted by Gasteiger charge is -2.13. The van der Waals surface area contributed by atoms with Crippen LogP contribution in [0.15, 0.2) is 12.4 Å². The molecular weight excluding hydrogens is 266 g/mol. The smallest absolute Gasteiger partial charge is 0.241 e. The summed E-state index contributed by atoms with van der Waals surface area (Å²) in [6.07, 6.45) is 5.07.